The first-order chi connectivity index (χ1) is 7.13. The maximum Gasteiger partial charge on any atom is 0.197 e. The third-order valence-electron chi connectivity index (χ3n) is 2.22. The van der Waals surface area contributed by atoms with Crippen molar-refractivity contribution in [1.29, 1.82) is 0 Å². The maximum atomic E-state index is 13.4. The third kappa shape index (κ3) is 2.35. The number of furan rings is 1. The second-order valence-corrected chi connectivity index (χ2v) is 3.22. The first-order valence-electron chi connectivity index (χ1n) is 5.12. The summed E-state index contributed by atoms with van der Waals surface area (Å²) < 4.78 is 18.6. The Bertz CT molecular complexity index is 468. The molecule has 0 aliphatic rings. The van der Waals surface area contributed by atoms with Crippen molar-refractivity contribution < 1.29 is 13.6 Å². The standard InChI is InChI=1S/C12H15FO2/c1-4-8-7-11(10(14)6-3)15-12(8)9(13)5-2/h4,7H,5-6H2,1-3H3/b8-4-,12-9-. The minimum absolute atomic E-state index is 0.103. The molecule has 1 aromatic rings. The van der Waals surface area contributed by atoms with Crippen LogP contribution in [0.2, 0.25) is 0 Å². The van der Waals surface area contributed by atoms with Crippen molar-refractivity contribution in [2.75, 3.05) is 0 Å². The molecule has 0 spiro atoms. The van der Waals surface area contributed by atoms with E-state index in [4.69, 9.17) is 4.42 Å². The van der Waals surface area contributed by atoms with Crippen LogP contribution in [-0.4, -0.2) is 5.78 Å². The summed E-state index contributed by atoms with van der Waals surface area (Å²) in [6, 6.07) is 1.59. The average Bonchev–Trinajstić information content (AvgIpc) is 2.70. The van der Waals surface area contributed by atoms with Crippen LogP contribution < -0.4 is 10.6 Å². The molecule has 0 amide bonds. The highest BCUT2D eigenvalue weighted by Gasteiger charge is 2.09. The van der Waals surface area contributed by atoms with E-state index in [0.717, 1.165) is 0 Å². The Morgan fingerprint density at radius 2 is 2.13 bits per heavy atom. The summed E-state index contributed by atoms with van der Waals surface area (Å²) in [5, 5.41) is 0.645. The summed E-state index contributed by atoms with van der Waals surface area (Å²) in [6.07, 6.45) is 2.37. The summed E-state index contributed by atoms with van der Waals surface area (Å²) in [7, 11) is 0. The van der Waals surface area contributed by atoms with Gasteiger partial charge in [-0.05, 0) is 13.0 Å². The van der Waals surface area contributed by atoms with E-state index >= 15 is 0 Å². The van der Waals surface area contributed by atoms with Gasteiger partial charge in [-0.2, -0.15) is 0 Å². The van der Waals surface area contributed by atoms with Gasteiger partial charge in [-0.25, -0.2) is 4.39 Å². The molecule has 0 unspecified atom stereocenters. The molecule has 2 nitrogen and oxygen atoms in total. The number of hydrogen-bond donors (Lipinski definition) is 0. The highest BCUT2D eigenvalue weighted by Crippen LogP contribution is 2.02. The van der Waals surface area contributed by atoms with Crippen molar-refractivity contribution in [2.45, 2.75) is 33.6 Å². The predicted octanol–water partition coefficient (Wildman–Crippen LogP) is 2.16. The summed E-state index contributed by atoms with van der Waals surface area (Å²) in [5.74, 6) is -0.185. The molecule has 1 aromatic heterocycles. The van der Waals surface area contributed by atoms with E-state index in [1.165, 1.54) is 0 Å². The van der Waals surface area contributed by atoms with Gasteiger partial charge in [-0.3, -0.25) is 4.79 Å². The van der Waals surface area contributed by atoms with E-state index < -0.39 is 0 Å². The average molecular weight is 210 g/mol. The fraction of sp³-hybridized carbons (Fsp3) is 0.417. The van der Waals surface area contributed by atoms with Gasteiger partial charge >= 0.3 is 0 Å². The van der Waals surface area contributed by atoms with Crippen LogP contribution in [0.25, 0.3) is 11.9 Å². The van der Waals surface area contributed by atoms with E-state index in [0.29, 0.717) is 11.6 Å². The largest absolute Gasteiger partial charge is 0.450 e. The van der Waals surface area contributed by atoms with Crippen LogP contribution >= 0.6 is 0 Å². The van der Waals surface area contributed by atoms with Gasteiger partial charge in [0, 0.05) is 18.1 Å². The van der Waals surface area contributed by atoms with Crippen LogP contribution in [0.3, 0.4) is 0 Å². The normalized spacial score (nSPS) is 14.3. The zero-order chi connectivity index (χ0) is 11.4. The van der Waals surface area contributed by atoms with Gasteiger partial charge in [-0.1, -0.05) is 19.9 Å². The third-order valence-corrected chi connectivity index (χ3v) is 2.22. The molecule has 15 heavy (non-hydrogen) atoms. The molecule has 0 aliphatic carbocycles. The van der Waals surface area contributed by atoms with Gasteiger partial charge in [0.1, 0.15) is 5.83 Å². The molecule has 0 atom stereocenters. The number of rotatable bonds is 3. The molecule has 3 heteroatoms. The molecular formula is C12H15FO2. The zero-order valence-electron chi connectivity index (χ0n) is 9.26. The molecule has 0 bridgehead atoms. The van der Waals surface area contributed by atoms with Gasteiger partial charge in [0.05, 0.1) is 0 Å². The number of halogens is 1. The minimum atomic E-state index is -0.321. The maximum absolute atomic E-state index is 13.4. The fourth-order valence-electron chi connectivity index (χ4n) is 1.30. The number of carbonyl (C=O) groups excluding carboxylic acids is 1. The lowest BCUT2D eigenvalue weighted by Gasteiger charge is -1.89. The van der Waals surface area contributed by atoms with Crippen molar-refractivity contribution in [3.05, 3.63) is 22.5 Å². The lowest BCUT2D eigenvalue weighted by molar-refractivity contribution is 0.0959. The van der Waals surface area contributed by atoms with Gasteiger partial charge in [-0.15, -0.1) is 0 Å². The molecule has 0 N–H and O–H groups in total. The molecule has 0 aromatic carbocycles. The molecule has 0 saturated heterocycles. The van der Waals surface area contributed by atoms with Crippen molar-refractivity contribution in [2.24, 2.45) is 0 Å². The van der Waals surface area contributed by atoms with E-state index in [1.54, 1.807) is 32.9 Å². The number of hydrogen-bond acceptors (Lipinski definition) is 2. The highest BCUT2D eigenvalue weighted by atomic mass is 19.1. The van der Waals surface area contributed by atoms with Gasteiger partial charge in [0.2, 0.25) is 0 Å². The van der Waals surface area contributed by atoms with E-state index in [-0.39, 0.29) is 29.2 Å². The topological polar surface area (TPSA) is 30.2 Å². The number of Topliss-reactive ketones (excluding diaryl/α,β-unsaturated/α-hetero) is 1. The van der Waals surface area contributed by atoms with Gasteiger partial charge in [0.15, 0.2) is 17.0 Å². The quantitative estimate of drug-likeness (QED) is 0.716. The number of ketones is 1. The molecule has 1 rings (SSSR count). The molecular weight excluding hydrogens is 195 g/mol. The summed E-state index contributed by atoms with van der Waals surface area (Å²) in [6.45, 7) is 5.25. The van der Waals surface area contributed by atoms with Crippen LogP contribution in [0, 0.1) is 0 Å². The Morgan fingerprint density at radius 3 is 2.60 bits per heavy atom. The van der Waals surface area contributed by atoms with Crippen LogP contribution in [0.4, 0.5) is 4.39 Å². The Labute approximate surface area is 88.1 Å². The van der Waals surface area contributed by atoms with Crippen molar-refractivity contribution in [3.63, 3.8) is 0 Å². The van der Waals surface area contributed by atoms with Gasteiger partial charge < -0.3 is 4.42 Å². The van der Waals surface area contributed by atoms with E-state index in [2.05, 4.69) is 0 Å². The molecule has 0 radical (unpaired) electrons. The smallest absolute Gasteiger partial charge is 0.197 e. The second kappa shape index (κ2) is 4.91. The Morgan fingerprint density at radius 1 is 1.47 bits per heavy atom. The minimum Gasteiger partial charge on any atom is -0.450 e. The zero-order valence-corrected chi connectivity index (χ0v) is 9.26. The SMILES string of the molecule is C/C=c1/cc(C(=O)CC)o/c1=C(\F)CC. The first-order valence-corrected chi connectivity index (χ1v) is 5.12. The lowest BCUT2D eigenvalue weighted by atomic mass is 10.2. The summed E-state index contributed by atoms with van der Waals surface area (Å²) >= 11 is 0. The van der Waals surface area contributed by atoms with Crippen LogP contribution in [0.1, 0.15) is 44.2 Å². The first kappa shape index (κ1) is 11.7. The van der Waals surface area contributed by atoms with Gasteiger partial charge in [0.25, 0.3) is 0 Å². The molecule has 1 heterocycles. The van der Waals surface area contributed by atoms with Crippen molar-refractivity contribution in [3.8, 4) is 0 Å². The second-order valence-electron chi connectivity index (χ2n) is 3.22. The van der Waals surface area contributed by atoms with Crippen LogP contribution in [-0.2, 0) is 0 Å². The summed E-state index contributed by atoms with van der Waals surface area (Å²) in [4.78, 5) is 11.4. The van der Waals surface area contributed by atoms with E-state index in [9.17, 15) is 9.18 Å². The number of carbonyl (C=O) groups is 1. The Kier molecular flexibility index (Phi) is 3.83. The van der Waals surface area contributed by atoms with E-state index in [1.807, 2.05) is 0 Å². The van der Waals surface area contributed by atoms with Crippen molar-refractivity contribution in [1.82, 2.24) is 0 Å². The predicted molar refractivity (Wildman–Crippen MR) is 57.5 cm³/mol. The Balaban J connectivity index is 3.44. The molecule has 0 fully saturated rings. The molecule has 0 aliphatic heterocycles. The molecule has 82 valence electrons. The fourth-order valence-corrected chi connectivity index (χ4v) is 1.30. The highest BCUT2D eigenvalue weighted by molar-refractivity contribution is 5.93. The Hall–Kier alpha value is -1.38. The van der Waals surface area contributed by atoms with Crippen LogP contribution in [0.5, 0.6) is 0 Å². The lowest BCUT2D eigenvalue weighted by Crippen LogP contribution is -2.20. The summed E-state index contributed by atoms with van der Waals surface area (Å²) in [5.41, 5.74) is 0.191. The monoisotopic (exact) mass is 210 g/mol. The van der Waals surface area contributed by atoms with Crippen LogP contribution in [0.15, 0.2) is 10.5 Å². The molecule has 0 saturated carbocycles. The van der Waals surface area contributed by atoms with Crippen molar-refractivity contribution >= 4 is 17.7 Å².